The van der Waals surface area contributed by atoms with Crippen molar-refractivity contribution < 1.29 is 9.47 Å². The van der Waals surface area contributed by atoms with Gasteiger partial charge in [0, 0.05) is 28.0 Å². The third-order valence-corrected chi connectivity index (χ3v) is 6.46. The summed E-state index contributed by atoms with van der Waals surface area (Å²) in [4.78, 5) is 14.9. The second-order valence-corrected chi connectivity index (χ2v) is 8.11. The number of hydrogen-bond acceptors (Lipinski definition) is 6. The molecule has 0 spiro atoms. The van der Waals surface area contributed by atoms with Gasteiger partial charge in [0.25, 0.3) is 5.56 Å². The number of benzene rings is 2. The molecule has 0 aliphatic carbocycles. The molecular weight excluding hydrogens is 422 g/mol. The number of rotatable bonds is 5. The van der Waals surface area contributed by atoms with Crippen molar-refractivity contribution >= 4 is 17.8 Å². The molecule has 0 unspecified atom stereocenters. The predicted octanol–water partition coefficient (Wildman–Crippen LogP) is 4.65. The summed E-state index contributed by atoms with van der Waals surface area (Å²) >= 11 is 1.34. The van der Waals surface area contributed by atoms with E-state index in [0.29, 0.717) is 46.2 Å². The number of nitriles is 2. The maximum atomic E-state index is 13.5. The molecule has 32 heavy (non-hydrogen) atoms. The van der Waals surface area contributed by atoms with E-state index < -0.39 is 0 Å². The largest absolute Gasteiger partial charge is 0.493 e. The van der Waals surface area contributed by atoms with Crippen LogP contribution in [0.5, 0.6) is 11.5 Å². The van der Waals surface area contributed by atoms with Gasteiger partial charge in [-0.05, 0) is 42.3 Å². The van der Waals surface area contributed by atoms with Crippen LogP contribution < -0.4 is 15.0 Å². The van der Waals surface area contributed by atoms with Crippen LogP contribution >= 0.6 is 11.8 Å². The minimum Gasteiger partial charge on any atom is -0.493 e. The van der Waals surface area contributed by atoms with Crippen LogP contribution in [0.25, 0.3) is 17.3 Å². The van der Waals surface area contributed by atoms with E-state index in [4.69, 9.17) is 14.7 Å². The Hall–Kier alpha value is -3.94. The minimum absolute atomic E-state index is 0.232. The predicted molar refractivity (Wildman–Crippen MR) is 123 cm³/mol. The molecule has 4 rings (SSSR count). The highest BCUT2D eigenvalue weighted by Crippen LogP contribution is 2.43. The fourth-order valence-electron chi connectivity index (χ4n) is 3.88. The normalized spacial score (nSPS) is 11.9. The van der Waals surface area contributed by atoms with Crippen LogP contribution in [-0.4, -0.2) is 18.8 Å². The lowest BCUT2D eigenvalue weighted by Gasteiger charge is -2.26. The topological polar surface area (TPSA) is 88.0 Å². The number of nitrogens with zero attached hydrogens (tertiary/aromatic N) is 3. The first-order valence-electron chi connectivity index (χ1n) is 9.88. The molecule has 1 aliphatic heterocycles. The van der Waals surface area contributed by atoms with Crippen molar-refractivity contribution in [1.82, 2.24) is 4.57 Å². The van der Waals surface area contributed by atoms with E-state index >= 15 is 0 Å². The van der Waals surface area contributed by atoms with Crippen LogP contribution in [0.3, 0.4) is 0 Å². The van der Waals surface area contributed by atoms with Gasteiger partial charge in [-0.25, -0.2) is 0 Å². The summed E-state index contributed by atoms with van der Waals surface area (Å²) < 4.78 is 12.5. The van der Waals surface area contributed by atoms with Crippen molar-refractivity contribution in [2.24, 2.45) is 0 Å². The van der Waals surface area contributed by atoms with Crippen molar-refractivity contribution in [3.8, 4) is 34.9 Å². The third-order valence-electron chi connectivity index (χ3n) is 5.32. The highest BCUT2D eigenvalue weighted by molar-refractivity contribution is 7.99. The van der Waals surface area contributed by atoms with Gasteiger partial charge in [-0.3, -0.25) is 4.79 Å². The molecule has 0 amide bonds. The van der Waals surface area contributed by atoms with E-state index in [-0.39, 0.29) is 5.56 Å². The van der Waals surface area contributed by atoms with E-state index in [1.54, 1.807) is 18.8 Å². The Morgan fingerprint density at radius 1 is 1.09 bits per heavy atom. The van der Waals surface area contributed by atoms with Crippen molar-refractivity contribution in [3.05, 3.63) is 75.6 Å². The summed E-state index contributed by atoms with van der Waals surface area (Å²) in [5, 5.41) is 19.3. The summed E-state index contributed by atoms with van der Waals surface area (Å²) in [5.41, 5.74) is 2.81. The van der Waals surface area contributed by atoms with E-state index in [0.717, 1.165) is 16.0 Å². The molecule has 1 aromatic heterocycles. The van der Waals surface area contributed by atoms with Crippen molar-refractivity contribution in [3.63, 3.8) is 0 Å². The first-order chi connectivity index (χ1) is 15.6. The molecule has 0 saturated heterocycles. The highest BCUT2D eigenvalue weighted by atomic mass is 32.2. The SMILES string of the molecule is COc1cc2c(cc1OC)-c1c(C#N)c(Sc3ccccc3)c(/C=C/C#N)c(=O)n1CC2. The van der Waals surface area contributed by atoms with Gasteiger partial charge in [-0.2, -0.15) is 10.5 Å². The molecule has 0 fully saturated rings. The van der Waals surface area contributed by atoms with Gasteiger partial charge < -0.3 is 14.0 Å². The Labute approximate surface area is 189 Å². The zero-order valence-corrected chi connectivity index (χ0v) is 18.4. The van der Waals surface area contributed by atoms with Gasteiger partial charge in [0.2, 0.25) is 0 Å². The number of fused-ring (bicyclic) bond motifs is 3. The Morgan fingerprint density at radius 2 is 1.81 bits per heavy atom. The van der Waals surface area contributed by atoms with Crippen LogP contribution in [-0.2, 0) is 13.0 Å². The average molecular weight is 442 g/mol. The Morgan fingerprint density at radius 3 is 2.47 bits per heavy atom. The van der Waals surface area contributed by atoms with Crippen molar-refractivity contribution in [2.45, 2.75) is 22.8 Å². The molecule has 158 valence electrons. The molecule has 3 aromatic rings. The van der Waals surface area contributed by atoms with Crippen LogP contribution in [0.2, 0.25) is 0 Å². The maximum Gasteiger partial charge on any atom is 0.259 e. The van der Waals surface area contributed by atoms with Gasteiger partial charge in [-0.15, -0.1) is 0 Å². The minimum atomic E-state index is -0.232. The van der Waals surface area contributed by atoms with E-state index in [1.165, 1.54) is 23.9 Å². The van der Waals surface area contributed by atoms with Gasteiger partial charge >= 0.3 is 0 Å². The number of aromatic nitrogens is 1. The zero-order chi connectivity index (χ0) is 22.7. The number of pyridine rings is 1. The molecule has 2 heterocycles. The molecular formula is C25H19N3O3S. The second-order valence-electron chi connectivity index (χ2n) is 7.03. The van der Waals surface area contributed by atoms with Crippen LogP contribution in [0, 0.1) is 22.7 Å². The lowest BCUT2D eigenvalue weighted by atomic mass is 9.93. The van der Waals surface area contributed by atoms with Gasteiger partial charge in [0.15, 0.2) is 11.5 Å². The van der Waals surface area contributed by atoms with Gasteiger partial charge in [0.1, 0.15) is 6.07 Å². The molecule has 0 saturated carbocycles. The van der Waals surface area contributed by atoms with Crippen molar-refractivity contribution in [1.29, 1.82) is 10.5 Å². The molecule has 7 heteroatoms. The molecule has 0 N–H and O–H groups in total. The third kappa shape index (κ3) is 3.64. The summed E-state index contributed by atoms with van der Waals surface area (Å²) in [6, 6.07) is 17.5. The summed E-state index contributed by atoms with van der Waals surface area (Å²) in [7, 11) is 3.13. The first kappa shape index (κ1) is 21.3. The first-order valence-corrected chi connectivity index (χ1v) is 10.7. The fourth-order valence-corrected chi connectivity index (χ4v) is 4.92. The summed E-state index contributed by atoms with van der Waals surface area (Å²) in [6.45, 7) is 0.426. The molecule has 0 radical (unpaired) electrons. The average Bonchev–Trinajstić information content (AvgIpc) is 2.83. The maximum absolute atomic E-state index is 13.5. The monoisotopic (exact) mass is 441 g/mol. The number of methoxy groups -OCH3 is 2. The summed E-state index contributed by atoms with van der Waals surface area (Å²) in [5.74, 6) is 1.13. The Bertz CT molecular complexity index is 1360. The Kier molecular flexibility index (Phi) is 6.02. The van der Waals surface area contributed by atoms with E-state index in [2.05, 4.69) is 6.07 Å². The van der Waals surface area contributed by atoms with Crippen molar-refractivity contribution in [2.75, 3.05) is 14.2 Å². The number of allylic oxidation sites excluding steroid dienone is 1. The zero-order valence-electron chi connectivity index (χ0n) is 17.6. The molecule has 1 aliphatic rings. The number of ether oxygens (including phenoxy) is 2. The van der Waals surface area contributed by atoms with E-state index in [9.17, 15) is 10.1 Å². The number of hydrogen-bond donors (Lipinski definition) is 0. The van der Waals surface area contributed by atoms with Gasteiger partial charge in [-0.1, -0.05) is 30.0 Å². The van der Waals surface area contributed by atoms with E-state index in [1.807, 2.05) is 48.5 Å². The molecule has 0 bridgehead atoms. The Balaban J connectivity index is 2.06. The van der Waals surface area contributed by atoms with Crippen LogP contribution in [0.15, 0.2) is 63.1 Å². The lowest BCUT2D eigenvalue weighted by molar-refractivity contribution is 0.354. The molecule has 6 nitrogen and oxygen atoms in total. The summed E-state index contributed by atoms with van der Waals surface area (Å²) in [6.07, 6.45) is 3.37. The standard InChI is InChI=1S/C25H19N3O3S/c1-30-21-13-16-10-12-28-23(19(16)14-22(21)31-2)20(15-27)24(18(25(28)29)9-6-11-26)32-17-7-4-3-5-8-17/h3-9,13-14H,10,12H2,1-2H3/b9-6+. The van der Waals surface area contributed by atoms with Crippen LogP contribution in [0.4, 0.5) is 0 Å². The number of aryl methyl sites for hydroxylation is 1. The van der Waals surface area contributed by atoms with Crippen LogP contribution in [0.1, 0.15) is 16.7 Å². The second kappa shape index (κ2) is 9.05. The van der Waals surface area contributed by atoms with Gasteiger partial charge in [0.05, 0.1) is 37.1 Å². The lowest BCUT2D eigenvalue weighted by Crippen LogP contribution is -2.29. The molecule has 0 atom stereocenters. The highest BCUT2D eigenvalue weighted by Gasteiger charge is 2.28. The molecule has 2 aromatic carbocycles. The smallest absolute Gasteiger partial charge is 0.259 e. The fraction of sp³-hybridized carbons (Fsp3) is 0.160. The quantitative estimate of drug-likeness (QED) is 0.536.